The predicted octanol–water partition coefficient (Wildman–Crippen LogP) is 3.68. The lowest BCUT2D eigenvalue weighted by molar-refractivity contribution is 1.57. The Morgan fingerprint density at radius 2 is 1.44 bits per heavy atom. The van der Waals surface area contributed by atoms with Gasteiger partial charge in [0.2, 0.25) is 0 Å². The van der Waals surface area contributed by atoms with Crippen LogP contribution in [0.5, 0.6) is 0 Å². The van der Waals surface area contributed by atoms with Crippen molar-refractivity contribution in [2.24, 2.45) is 0 Å². The van der Waals surface area contributed by atoms with Gasteiger partial charge in [0.05, 0.1) is 0 Å². The average Bonchev–Trinajstić information content (AvgIpc) is 2.39. The van der Waals surface area contributed by atoms with Crippen LogP contribution < -0.4 is 5.30 Å². The molecule has 80 valence electrons. The van der Waals surface area contributed by atoms with Crippen LogP contribution in [0.1, 0.15) is 11.1 Å². The molecule has 2 aromatic rings. The van der Waals surface area contributed by atoms with E-state index in [1.54, 1.807) is 0 Å². The monoisotopic (exact) mass is 226 g/mol. The highest BCUT2D eigenvalue weighted by Crippen LogP contribution is 2.20. The van der Waals surface area contributed by atoms with Crippen molar-refractivity contribution in [2.75, 3.05) is 6.66 Å². The highest BCUT2D eigenvalue weighted by atomic mass is 31.1. The minimum Gasteiger partial charge on any atom is -0.0936 e. The molecule has 0 fully saturated rings. The van der Waals surface area contributed by atoms with E-state index >= 15 is 0 Å². The molecule has 1 heteroatoms. The van der Waals surface area contributed by atoms with E-state index in [0.717, 1.165) is 14.2 Å². The average molecular weight is 226 g/mol. The largest absolute Gasteiger partial charge is 0.0936 e. The molecule has 2 aromatic carbocycles. The molecule has 0 radical (unpaired) electrons. The molecule has 0 spiro atoms. The van der Waals surface area contributed by atoms with Gasteiger partial charge in [-0.15, -0.1) is 0 Å². The molecule has 0 amide bonds. The summed E-state index contributed by atoms with van der Waals surface area (Å²) in [5, 5.41) is 1.39. The van der Waals surface area contributed by atoms with E-state index in [1.807, 2.05) is 18.2 Å². The third-order valence-electron chi connectivity index (χ3n) is 2.64. The van der Waals surface area contributed by atoms with Crippen molar-refractivity contribution in [3.8, 4) is 0 Å². The van der Waals surface area contributed by atoms with Crippen LogP contribution in [-0.2, 0) is 0 Å². The van der Waals surface area contributed by atoms with Crippen molar-refractivity contribution in [3.63, 3.8) is 0 Å². The zero-order valence-electron chi connectivity index (χ0n) is 9.40. The smallest absolute Gasteiger partial charge is 0.0183 e. The van der Waals surface area contributed by atoms with Gasteiger partial charge in [-0.3, -0.25) is 0 Å². The fourth-order valence-corrected chi connectivity index (χ4v) is 2.14. The SMILES string of the molecule is C=C(c1ccccc1)c1ccc(PC)cc1. The van der Waals surface area contributed by atoms with Crippen molar-refractivity contribution in [3.05, 3.63) is 72.3 Å². The Morgan fingerprint density at radius 3 is 2.00 bits per heavy atom. The molecule has 0 saturated heterocycles. The molecule has 0 aliphatic carbocycles. The first-order valence-electron chi connectivity index (χ1n) is 5.34. The summed E-state index contributed by atoms with van der Waals surface area (Å²) in [5.41, 5.74) is 3.48. The molecule has 0 nitrogen and oxygen atoms in total. The second-order valence-electron chi connectivity index (χ2n) is 3.67. The van der Waals surface area contributed by atoms with Crippen LogP contribution in [-0.4, -0.2) is 6.66 Å². The van der Waals surface area contributed by atoms with Crippen LogP contribution in [0, 0.1) is 0 Å². The molecule has 0 aliphatic heterocycles. The molecule has 16 heavy (non-hydrogen) atoms. The number of rotatable bonds is 3. The van der Waals surface area contributed by atoms with Crippen LogP contribution in [0.15, 0.2) is 61.2 Å². The molecule has 1 unspecified atom stereocenters. The first-order chi connectivity index (χ1) is 7.81. The van der Waals surface area contributed by atoms with Gasteiger partial charge in [-0.25, -0.2) is 0 Å². The standard InChI is InChI=1S/C15H15P/c1-12(13-6-4-3-5-7-13)14-8-10-15(16-2)11-9-14/h3-11,16H,1H2,2H3. The van der Waals surface area contributed by atoms with Gasteiger partial charge >= 0.3 is 0 Å². The maximum Gasteiger partial charge on any atom is -0.0183 e. The maximum absolute atomic E-state index is 4.15. The van der Waals surface area contributed by atoms with Gasteiger partial charge in [0.1, 0.15) is 0 Å². The molecule has 1 atom stereocenters. The van der Waals surface area contributed by atoms with Crippen molar-refractivity contribution >= 4 is 19.5 Å². The Bertz CT molecular complexity index is 469. The third-order valence-corrected chi connectivity index (χ3v) is 3.55. The van der Waals surface area contributed by atoms with Crippen LogP contribution in [0.3, 0.4) is 0 Å². The van der Waals surface area contributed by atoms with E-state index in [1.165, 1.54) is 16.4 Å². The van der Waals surface area contributed by atoms with E-state index in [-0.39, 0.29) is 0 Å². The molecule has 2 rings (SSSR count). The maximum atomic E-state index is 4.15. The Hall–Kier alpha value is -1.39. The minimum absolute atomic E-state index is 0.857. The Balaban J connectivity index is 2.28. The first kappa shape index (κ1) is 11.1. The molecular weight excluding hydrogens is 211 g/mol. The predicted molar refractivity (Wildman–Crippen MR) is 74.9 cm³/mol. The summed E-state index contributed by atoms with van der Waals surface area (Å²) in [4.78, 5) is 0. The van der Waals surface area contributed by atoms with E-state index < -0.39 is 0 Å². The fraction of sp³-hybridized carbons (Fsp3) is 0.0667. The van der Waals surface area contributed by atoms with Crippen molar-refractivity contribution in [1.82, 2.24) is 0 Å². The summed E-state index contributed by atoms with van der Waals surface area (Å²) in [6, 6.07) is 19.0. The quantitative estimate of drug-likeness (QED) is 0.700. The van der Waals surface area contributed by atoms with Gasteiger partial charge in [-0.2, -0.15) is 0 Å². The zero-order chi connectivity index (χ0) is 11.4. The van der Waals surface area contributed by atoms with Crippen LogP contribution in [0.25, 0.3) is 5.57 Å². The van der Waals surface area contributed by atoms with Gasteiger partial charge in [0.15, 0.2) is 0 Å². The zero-order valence-corrected chi connectivity index (χ0v) is 10.4. The van der Waals surface area contributed by atoms with Crippen LogP contribution >= 0.6 is 8.58 Å². The summed E-state index contributed by atoms with van der Waals surface area (Å²) in [7, 11) is 0.857. The molecule has 0 bridgehead atoms. The fourth-order valence-electron chi connectivity index (χ4n) is 1.64. The molecule has 0 N–H and O–H groups in total. The Kier molecular flexibility index (Phi) is 3.54. The lowest BCUT2D eigenvalue weighted by Gasteiger charge is -2.06. The lowest BCUT2D eigenvalue weighted by Crippen LogP contribution is -1.93. The number of benzene rings is 2. The van der Waals surface area contributed by atoms with E-state index in [0.29, 0.717) is 0 Å². The van der Waals surface area contributed by atoms with E-state index in [2.05, 4.69) is 49.6 Å². The minimum atomic E-state index is 0.857. The van der Waals surface area contributed by atoms with Gasteiger partial charge < -0.3 is 0 Å². The summed E-state index contributed by atoms with van der Waals surface area (Å²) >= 11 is 0. The second-order valence-corrected chi connectivity index (χ2v) is 4.75. The molecule has 0 aromatic heterocycles. The topological polar surface area (TPSA) is 0 Å². The van der Waals surface area contributed by atoms with Gasteiger partial charge in [0, 0.05) is 0 Å². The van der Waals surface area contributed by atoms with Crippen LogP contribution in [0.2, 0.25) is 0 Å². The third kappa shape index (κ3) is 2.40. The highest BCUT2D eigenvalue weighted by Gasteiger charge is 2.00. The number of hydrogen-bond donors (Lipinski definition) is 0. The van der Waals surface area contributed by atoms with E-state index in [9.17, 15) is 0 Å². The molecule has 0 saturated carbocycles. The molecular formula is C15H15P. The van der Waals surface area contributed by atoms with Crippen molar-refractivity contribution in [1.29, 1.82) is 0 Å². The first-order valence-corrected chi connectivity index (χ1v) is 6.84. The van der Waals surface area contributed by atoms with Crippen LogP contribution in [0.4, 0.5) is 0 Å². The van der Waals surface area contributed by atoms with Gasteiger partial charge in [0.25, 0.3) is 0 Å². The Labute approximate surface area is 98.8 Å². The lowest BCUT2D eigenvalue weighted by atomic mass is 10.00. The van der Waals surface area contributed by atoms with Crippen molar-refractivity contribution < 1.29 is 0 Å². The normalized spacial score (nSPS) is 10.8. The summed E-state index contributed by atoms with van der Waals surface area (Å²) < 4.78 is 0. The number of hydrogen-bond acceptors (Lipinski definition) is 0. The molecule has 0 aliphatic rings. The van der Waals surface area contributed by atoms with Crippen molar-refractivity contribution in [2.45, 2.75) is 0 Å². The highest BCUT2D eigenvalue weighted by molar-refractivity contribution is 7.46. The second kappa shape index (κ2) is 5.09. The summed E-state index contributed by atoms with van der Waals surface area (Å²) in [5.74, 6) is 0. The summed E-state index contributed by atoms with van der Waals surface area (Å²) in [6.45, 7) is 6.35. The van der Waals surface area contributed by atoms with Gasteiger partial charge in [-0.1, -0.05) is 69.8 Å². The summed E-state index contributed by atoms with van der Waals surface area (Å²) in [6.07, 6.45) is 0. The Morgan fingerprint density at radius 1 is 0.875 bits per heavy atom. The van der Waals surface area contributed by atoms with Gasteiger partial charge in [-0.05, 0) is 28.7 Å². The molecule has 0 heterocycles. The van der Waals surface area contributed by atoms with E-state index in [4.69, 9.17) is 0 Å².